The Balaban J connectivity index is 1.55. The zero-order valence-corrected chi connectivity index (χ0v) is 14.4. The van der Waals surface area contributed by atoms with Crippen LogP contribution in [0.2, 0.25) is 5.02 Å². The van der Waals surface area contributed by atoms with Gasteiger partial charge in [0.2, 0.25) is 0 Å². The standard InChI is InChI=1S/C18H15ClN2O2S/c19-13-5-3-12(4-6-13)17(22)23-14-7-8-15-16(11-14)24-18(20-15)21-9-1-2-10-21/h3-8,11H,1-2,9-10H2. The Hall–Kier alpha value is -2.11. The molecule has 0 atom stereocenters. The zero-order valence-electron chi connectivity index (χ0n) is 12.9. The van der Waals surface area contributed by atoms with Crippen LogP contribution < -0.4 is 9.64 Å². The van der Waals surface area contributed by atoms with Gasteiger partial charge in [-0.2, -0.15) is 0 Å². The van der Waals surface area contributed by atoms with Gasteiger partial charge in [-0.3, -0.25) is 0 Å². The molecule has 0 saturated carbocycles. The third-order valence-electron chi connectivity index (χ3n) is 4.02. The van der Waals surface area contributed by atoms with E-state index in [1.165, 1.54) is 12.8 Å². The van der Waals surface area contributed by atoms with Crippen LogP contribution in [0, 0.1) is 0 Å². The molecule has 0 unspecified atom stereocenters. The van der Waals surface area contributed by atoms with Crippen molar-refractivity contribution >= 4 is 44.3 Å². The number of fused-ring (bicyclic) bond motifs is 1. The van der Waals surface area contributed by atoms with Crippen molar-refractivity contribution in [1.29, 1.82) is 0 Å². The van der Waals surface area contributed by atoms with E-state index < -0.39 is 5.97 Å². The highest BCUT2D eigenvalue weighted by Crippen LogP contribution is 2.33. The number of benzene rings is 2. The van der Waals surface area contributed by atoms with Gasteiger partial charge < -0.3 is 9.64 Å². The fourth-order valence-corrected chi connectivity index (χ4v) is 3.92. The van der Waals surface area contributed by atoms with Crippen molar-refractivity contribution in [3.63, 3.8) is 0 Å². The Kier molecular flexibility index (Phi) is 4.12. The Bertz CT molecular complexity index is 886. The minimum absolute atomic E-state index is 0.393. The van der Waals surface area contributed by atoms with Crippen LogP contribution in [-0.4, -0.2) is 24.0 Å². The average Bonchev–Trinajstić information content (AvgIpc) is 3.24. The number of thiazole rings is 1. The van der Waals surface area contributed by atoms with Gasteiger partial charge in [0.15, 0.2) is 5.13 Å². The van der Waals surface area contributed by atoms with Crippen molar-refractivity contribution in [3.8, 4) is 5.75 Å². The number of carbonyl (C=O) groups is 1. The van der Waals surface area contributed by atoms with E-state index in [2.05, 4.69) is 9.88 Å². The molecule has 0 bridgehead atoms. The summed E-state index contributed by atoms with van der Waals surface area (Å²) in [7, 11) is 0. The molecular weight excluding hydrogens is 344 g/mol. The molecule has 3 aromatic rings. The van der Waals surface area contributed by atoms with Crippen molar-refractivity contribution in [2.24, 2.45) is 0 Å². The lowest BCUT2D eigenvalue weighted by Gasteiger charge is -2.11. The van der Waals surface area contributed by atoms with Gasteiger partial charge in [0.1, 0.15) is 5.75 Å². The van der Waals surface area contributed by atoms with Crippen LogP contribution in [0.4, 0.5) is 5.13 Å². The van der Waals surface area contributed by atoms with Crippen molar-refractivity contribution in [2.75, 3.05) is 18.0 Å². The second-order valence-electron chi connectivity index (χ2n) is 5.72. The Morgan fingerprint density at radius 3 is 2.62 bits per heavy atom. The summed E-state index contributed by atoms with van der Waals surface area (Å²) in [5.74, 6) is 0.134. The summed E-state index contributed by atoms with van der Waals surface area (Å²) >= 11 is 7.48. The number of ether oxygens (including phenoxy) is 1. The van der Waals surface area contributed by atoms with E-state index in [1.807, 2.05) is 12.1 Å². The van der Waals surface area contributed by atoms with Crippen LogP contribution in [0.5, 0.6) is 5.75 Å². The summed E-state index contributed by atoms with van der Waals surface area (Å²) in [5.41, 5.74) is 1.41. The first kappa shape index (κ1) is 15.4. The maximum Gasteiger partial charge on any atom is 0.343 e. The molecule has 0 amide bonds. The van der Waals surface area contributed by atoms with Crippen LogP contribution >= 0.6 is 22.9 Å². The highest BCUT2D eigenvalue weighted by Gasteiger charge is 2.17. The molecule has 0 N–H and O–H groups in total. The zero-order chi connectivity index (χ0) is 16.5. The molecule has 2 aromatic carbocycles. The van der Waals surface area contributed by atoms with Gasteiger partial charge in [-0.15, -0.1) is 0 Å². The smallest absolute Gasteiger partial charge is 0.343 e. The number of anilines is 1. The highest BCUT2D eigenvalue weighted by atomic mass is 35.5. The van der Waals surface area contributed by atoms with Gasteiger partial charge in [-0.25, -0.2) is 9.78 Å². The summed E-state index contributed by atoms with van der Waals surface area (Å²) in [6, 6.07) is 12.2. The fourth-order valence-electron chi connectivity index (χ4n) is 2.75. The lowest BCUT2D eigenvalue weighted by atomic mass is 10.2. The number of halogens is 1. The molecule has 1 aliphatic rings. The van der Waals surface area contributed by atoms with E-state index in [9.17, 15) is 4.79 Å². The number of rotatable bonds is 3. The molecule has 6 heteroatoms. The minimum Gasteiger partial charge on any atom is -0.423 e. The molecule has 1 aromatic heterocycles. The second-order valence-corrected chi connectivity index (χ2v) is 7.16. The maximum atomic E-state index is 12.2. The number of aromatic nitrogens is 1. The Morgan fingerprint density at radius 1 is 1.12 bits per heavy atom. The second kappa shape index (κ2) is 6.42. The molecule has 0 radical (unpaired) electrons. The number of carbonyl (C=O) groups excluding carboxylic acids is 1. The van der Waals surface area contributed by atoms with E-state index in [1.54, 1.807) is 41.7 Å². The molecule has 1 aliphatic heterocycles. The monoisotopic (exact) mass is 358 g/mol. The molecule has 1 fully saturated rings. The van der Waals surface area contributed by atoms with Gasteiger partial charge in [0.25, 0.3) is 0 Å². The summed E-state index contributed by atoms with van der Waals surface area (Å²) in [6.45, 7) is 2.14. The summed E-state index contributed by atoms with van der Waals surface area (Å²) < 4.78 is 6.49. The maximum absolute atomic E-state index is 12.2. The van der Waals surface area contributed by atoms with Gasteiger partial charge >= 0.3 is 5.97 Å². The van der Waals surface area contributed by atoms with E-state index in [0.29, 0.717) is 16.3 Å². The van der Waals surface area contributed by atoms with Gasteiger partial charge in [0, 0.05) is 24.2 Å². The van der Waals surface area contributed by atoms with Crippen LogP contribution in [0.25, 0.3) is 10.2 Å². The summed E-state index contributed by atoms with van der Waals surface area (Å²) in [4.78, 5) is 19.2. The lowest BCUT2D eigenvalue weighted by Crippen LogP contribution is -2.16. The molecule has 4 nitrogen and oxygen atoms in total. The largest absolute Gasteiger partial charge is 0.423 e. The first-order chi connectivity index (χ1) is 11.7. The van der Waals surface area contributed by atoms with Crippen LogP contribution in [0.3, 0.4) is 0 Å². The number of nitrogens with zero attached hydrogens (tertiary/aromatic N) is 2. The molecule has 24 heavy (non-hydrogen) atoms. The molecule has 122 valence electrons. The Morgan fingerprint density at radius 2 is 1.88 bits per heavy atom. The quantitative estimate of drug-likeness (QED) is 0.499. The number of esters is 1. The first-order valence-electron chi connectivity index (χ1n) is 7.82. The number of hydrogen-bond donors (Lipinski definition) is 0. The third-order valence-corrected chi connectivity index (χ3v) is 5.35. The predicted octanol–water partition coefficient (Wildman–Crippen LogP) is 4.77. The van der Waals surface area contributed by atoms with E-state index >= 15 is 0 Å². The van der Waals surface area contributed by atoms with Crippen LogP contribution in [0.15, 0.2) is 42.5 Å². The molecular formula is C18H15ClN2O2S. The van der Waals surface area contributed by atoms with Crippen molar-refractivity contribution < 1.29 is 9.53 Å². The van der Waals surface area contributed by atoms with E-state index in [-0.39, 0.29) is 0 Å². The van der Waals surface area contributed by atoms with Crippen molar-refractivity contribution in [2.45, 2.75) is 12.8 Å². The Labute approximate surface area is 148 Å². The summed E-state index contributed by atoms with van der Waals surface area (Å²) in [5, 5.41) is 1.63. The normalized spacial score (nSPS) is 14.3. The highest BCUT2D eigenvalue weighted by molar-refractivity contribution is 7.22. The average molecular weight is 359 g/mol. The molecule has 2 heterocycles. The third kappa shape index (κ3) is 3.09. The fraction of sp³-hybridized carbons (Fsp3) is 0.222. The van der Waals surface area contributed by atoms with Gasteiger partial charge in [-0.1, -0.05) is 22.9 Å². The van der Waals surface area contributed by atoms with Gasteiger partial charge in [0.05, 0.1) is 15.8 Å². The van der Waals surface area contributed by atoms with Crippen molar-refractivity contribution in [3.05, 3.63) is 53.1 Å². The summed E-state index contributed by atoms with van der Waals surface area (Å²) in [6.07, 6.45) is 2.44. The van der Waals surface area contributed by atoms with Crippen LogP contribution in [0.1, 0.15) is 23.2 Å². The lowest BCUT2D eigenvalue weighted by molar-refractivity contribution is 0.0735. The topological polar surface area (TPSA) is 42.4 Å². The first-order valence-corrected chi connectivity index (χ1v) is 9.02. The predicted molar refractivity (Wildman–Crippen MR) is 97.5 cm³/mol. The molecule has 4 rings (SSSR count). The number of hydrogen-bond acceptors (Lipinski definition) is 5. The molecule has 0 aliphatic carbocycles. The minimum atomic E-state index is -0.393. The van der Waals surface area contributed by atoms with Gasteiger partial charge in [-0.05, 0) is 49.2 Å². The van der Waals surface area contributed by atoms with E-state index in [4.69, 9.17) is 16.3 Å². The molecule has 0 spiro atoms. The van der Waals surface area contributed by atoms with Crippen LogP contribution in [-0.2, 0) is 0 Å². The molecule has 1 saturated heterocycles. The van der Waals surface area contributed by atoms with Crippen molar-refractivity contribution in [1.82, 2.24) is 4.98 Å². The SMILES string of the molecule is O=C(Oc1ccc2nc(N3CCCC3)sc2c1)c1ccc(Cl)cc1. The van der Waals surface area contributed by atoms with E-state index in [0.717, 1.165) is 28.4 Å².